The molecule has 2 aromatic carbocycles. The quantitative estimate of drug-likeness (QED) is 0.518. The number of benzene rings is 2. The molecule has 1 atom stereocenters. The molecule has 10 heteroatoms. The van der Waals surface area contributed by atoms with E-state index in [1.54, 1.807) is 25.1 Å². The number of fused-ring (bicyclic) bond motifs is 2. The highest BCUT2D eigenvalue weighted by Gasteiger charge is 2.37. The minimum atomic E-state index is -4.49. The van der Waals surface area contributed by atoms with Crippen molar-refractivity contribution in [1.82, 2.24) is 0 Å². The third-order valence-electron chi connectivity index (χ3n) is 5.57. The maximum atomic E-state index is 13.0. The highest BCUT2D eigenvalue weighted by molar-refractivity contribution is 6.08. The molecule has 174 valence electrons. The van der Waals surface area contributed by atoms with Crippen molar-refractivity contribution in [2.75, 3.05) is 29.2 Å². The van der Waals surface area contributed by atoms with Gasteiger partial charge in [0.2, 0.25) is 5.91 Å². The number of nitrogens with one attached hydrogen (secondary N) is 3. The van der Waals surface area contributed by atoms with Crippen LogP contribution in [0.25, 0.3) is 5.57 Å². The Morgan fingerprint density at radius 1 is 1.24 bits per heavy atom. The van der Waals surface area contributed by atoms with Crippen LogP contribution in [0.15, 0.2) is 42.5 Å². The normalized spacial score (nSPS) is 21.1. The molecule has 0 aliphatic carbocycles. The molecule has 0 spiro atoms. The fraction of sp³-hybridized carbons (Fsp3) is 0.304. The van der Waals surface area contributed by atoms with E-state index in [1.165, 1.54) is 12.1 Å². The van der Waals surface area contributed by atoms with Crippen molar-refractivity contribution in [2.45, 2.75) is 31.5 Å². The number of carbonyl (C=O) groups is 2. The van der Waals surface area contributed by atoms with Gasteiger partial charge in [0, 0.05) is 17.3 Å². The van der Waals surface area contributed by atoms with E-state index < -0.39 is 29.1 Å². The molecular weight excluding hydrogens is 439 g/mol. The Balaban J connectivity index is 1.55. The van der Waals surface area contributed by atoms with Crippen LogP contribution in [0, 0.1) is 0 Å². The molecule has 0 bridgehead atoms. The Labute approximate surface area is 187 Å². The number of alkyl halides is 3. The number of hydrogen-bond donors (Lipinski definition) is 4. The van der Waals surface area contributed by atoms with Gasteiger partial charge in [0.25, 0.3) is 5.91 Å². The fourth-order valence-electron chi connectivity index (χ4n) is 3.71. The second-order valence-corrected chi connectivity index (χ2v) is 8.15. The highest BCUT2D eigenvalue weighted by Crippen LogP contribution is 2.38. The number of anilines is 3. The summed E-state index contributed by atoms with van der Waals surface area (Å²) in [4.78, 5) is 24.9. The molecule has 0 saturated heterocycles. The molecule has 2 aromatic rings. The number of allylic oxidation sites excluding steroid dienone is 1. The van der Waals surface area contributed by atoms with E-state index in [1.807, 2.05) is 0 Å². The summed E-state index contributed by atoms with van der Waals surface area (Å²) >= 11 is 0. The van der Waals surface area contributed by atoms with E-state index in [9.17, 15) is 27.9 Å². The Morgan fingerprint density at radius 3 is 2.76 bits per heavy atom. The summed E-state index contributed by atoms with van der Waals surface area (Å²) in [6.07, 6.45) is -2.12. The number of carbonyl (C=O) groups excluding carboxylic acids is 2. The van der Waals surface area contributed by atoms with Gasteiger partial charge in [0.1, 0.15) is 11.3 Å². The van der Waals surface area contributed by atoms with Gasteiger partial charge in [-0.2, -0.15) is 13.2 Å². The molecule has 0 fully saturated rings. The van der Waals surface area contributed by atoms with Crippen LogP contribution >= 0.6 is 0 Å². The fourth-order valence-corrected chi connectivity index (χ4v) is 3.71. The van der Waals surface area contributed by atoms with Gasteiger partial charge in [-0.3, -0.25) is 9.59 Å². The molecule has 7 nitrogen and oxygen atoms in total. The van der Waals surface area contributed by atoms with E-state index in [2.05, 4.69) is 16.0 Å². The Kier molecular flexibility index (Phi) is 5.79. The van der Waals surface area contributed by atoms with Gasteiger partial charge in [-0.25, -0.2) is 0 Å². The number of aliphatic hydroxyl groups excluding tert-OH is 1. The van der Waals surface area contributed by atoms with Crippen molar-refractivity contribution in [3.8, 4) is 5.75 Å². The van der Waals surface area contributed by atoms with E-state index in [4.69, 9.17) is 4.74 Å². The third-order valence-corrected chi connectivity index (χ3v) is 5.57. The van der Waals surface area contributed by atoms with Gasteiger partial charge in [0.15, 0.2) is 0 Å². The number of ether oxygens (including phenoxy) is 1. The molecule has 2 aliphatic heterocycles. The summed E-state index contributed by atoms with van der Waals surface area (Å²) in [5, 5.41) is 17.8. The maximum absolute atomic E-state index is 13.0. The predicted molar refractivity (Wildman–Crippen MR) is 117 cm³/mol. The molecule has 33 heavy (non-hydrogen) atoms. The van der Waals surface area contributed by atoms with Gasteiger partial charge >= 0.3 is 6.18 Å². The van der Waals surface area contributed by atoms with Crippen LogP contribution in [0.1, 0.15) is 30.9 Å². The molecular formula is C23H22F3N3O4. The first-order chi connectivity index (χ1) is 15.6. The summed E-state index contributed by atoms with van der Waals surface area (Å²) in [5.41, 5.74) is 0.517. The largest absolute Gasteiger partial charge is 0.493 e. The maximum Gasteiger partial charge on any atom is 0.416 e. The van der Waals surface area contributed by atoms with E-state index in [0.717, 1.165) is 12.1 Å². The first-order valence-corrected chi connectivity index (χ1v) is 10.3. The number of rotatable bonds is 3. The van der Waals surface area contributed by atoms with E-state index in [0.29, 0.717) is 41.0 Å². The SMILES string of the molecule is CC1(CO)Nc2ccc(NC(=O)C=C3CCCOc4cc(C(F)(F)F)ccc43)cc2NC1=O. The van der Waals surface area contributed by atoms with Crippen LogP contribution in [0.2, 0.25) is 0 Å². The van der Waals surface area contributed by atoms with Crippen molar-refractivity contribution in [3.05, 3.63) is 53.6 Å². The second-order valence-electron chi connectivity index (χ2n) is 8.15. The lowest BCUT2D eigenvalue weighted by atomic mass is 9.98. The van der Waals surface area contributed by atoms with Crippen LogP contribution < -0.4 is 20.7 Å². The van der Waals surface area contributed by atoms with Gasteiger partial charge in [0.05, 0.1) is 30.2 Å². The van der Waals surface area contributed by atoms with Crippen LogP contribution in [0.3, 0.4) is 0 Å². The average Bonchev–Trinajstić information content (AvgIpc) is 2.96. The molecule has 0 saturated carbocycles. The van der Waals surface area contributed by atoms with Crippen LogP contribution in [0.5, 0.6) is 5.75 Å². The molecule has 2 heterocycles. The molecule has 2 amide bonds. The summed E-state index contributed by atoms with van der Waals surface area (Å²) in [5.74, 6) is -0.778. The number of amides is 2. The minimum Gasteiger partial charge on any atom is -0.493 e. The number of hydrogen-bond acceptors (Lipinski definition) is 5. The summed E-state index contributed by atoms with van der Waals surface area (Å²) in [6.45, 7) is 1.43. The second kappa shape index (κ2) is 8.43. The third kappa shape index (κ3) is 4.65. The van der Waals surface area contributed by atoms with Crippen molar-refractivity contribution < 1.29 is 32.6 Å². The standard InChI is InChI=1S/C23H22F3N3O4/c1-22(12-30)21(32)28-18-11-15(5-7-17(18)29-22)27-20(31)9-13-3-2-8-33-19-10-14(23(24,25)26)4-6-16(13)19/h4-7,9-11,29-30H,2-3,8,12H2,1H3,(H,27,31)(H,28,32). The molecule has 0 aromatic heterocycles. The Bertz CT molecular complexity index is 1150. The summed E-state index contributed by atoms with van der Waals surface area (Å²) in [6, 6.07) is 8.12. The lowest BCUT2D eigenvalue weighted by Crippen LogP contribution is -2.52. The Hall–Kier alpha value is -3.53. The molecule has 0 radical (unpaired) electrons. The van der Waals surface area contributed by atoms with Crippen LogP contribution in [-0.4, -0.2) is 35.7 Å². The topological polar surface area (TPSA) is 99.7 Å². The molecule has 4 N–H and O–H groups in total. The van der Waals surface area contributed by atoms with Crippen molar-refractivity contribution in [3.63, 3.8) is 0 Å². The van der Waals surface area contributed by atoms with Crippen molar-refractivity contribution in [1.29, 1.82) is 0 Å². The highest BCUT2D eigenvalue weighted by atomic mass is 19.4. The van der Waals surface area contributed by atoms with Gasteiger partial charge in [-0.05, 0) is 55.7 Å². The predicted octanol–water partition coefficient (Wildman–Crippen LogP) is 4.02. The lowest BCUT2D eigenvalue weighted by Gasteiger charge is -2.34. The molecule has 2 aliphatic rings. The smallest absolute Gasteiger partial charge is 0.416 e. The van der Waals surface area contributed by atoms with Crippen molar-refractivity contribution >= 4 is 34.4 Å². The average molecular weight is 461 g/mol. The number of halogens is 3. The molecule has 4 rings (SSSR count). The summed E-state index contributed by atoms with van der Waals surface area (Å²) < 4.78 is 44.6. The first kappa shape index (κ1) is 22.7. The number of aliphatic hydroxyl groups is 1. The van der Waals surface area contributed by atoms with Gasteiger partial charge < -0.3 is 25.8 Å². The van der Waals surface area contributed by atoms with Crippen LogP contribution in [-0.2, 0) is 15.8 Å². The summed E-state index contributed by atoms with van der Waals surface area (Å²) in [7, 11) is 0. The molecule has 1 unspecified atom stereocenters. The minimum absolute atomic E-state index is 0.0934. The van der Waals surface area contributed by atoms with E-state index >= 15 is 0 Å². The lowest BCUT2D eigenvalue weighted by molar-refractivity contribution is -0.137. The van der Waals surface area contributed by atoms with E-state index in [-0.39, 0.29) is 19.0 Å². The van der Waals surface area contributed by atoms with Gasteiger partial charge in [-0.1, -0.05) is 6.07 Å². The Morgan fingerprint density at radius 2 is 2.03 bits per heavy atom. The zero-order valence-electron chi connectivity index (χ0n) is 17.7. The van der Waals surface area contributed by atoms with Crippen LogP contribution in [0.4, 0.5) is 30.2 Å². The zero-order valence-corrected chi connectivity index (χ0v) is 17.7. The zero-order chi connectivity index (χ0) is 23.8. The van der Waals surface area contributed by atoms with Gasteiger partial charge in [-0.15, -0.1) is 0 Å². The monoisotopic (exact) mass is 461 g/mol. The van der Waals surface area contributed by atoms with Crippen molar-refractivity contribution in [2.24, 2.45) is 0 Å². The first-order valence-electron chi connectivity index (χ1n) is 10.3.